The number of hydrogen-bond donors (Lipinski definition) is 1. The number of nitrogens with one attached hydrogen (secondary N) is 1. The lowest BCUT2D eigenvalue weighted by atomic mass is 9.75. The van der Waals surface area contributed by atoms with Crippen molar-refractivity contribution in [2.45, 2.75) is 58.3 Å². The van der Waals surface area contributed by atoms with E-state index >= 15 is 0 Å². The third-order valence-corrected chi connectivity index (χ3v) is 5.43. The Bertz CT molecular complexity index is 822. The van der Waals surface area contributed by atoms with E-state index in [1.807, 2.05) is 31.2 Å². The smallest absolute Gasteiger partial charge is 0.336 e. The van der Waals surface area contributed by atoms with Gasteiger partial charge in [-0.05, 0) is 32.3 Å². The van der Waals surface area contributed by atoms with Gasteiger partial charge in [-0.2, -0.15) is 0 Å². The molecule has 3 rings (SSSR count). The van der Waals surface area contributed by atoms with E-state index < -0.39 is 5.92 Å². The molecule has 1 aromatic carbocycles. The van der Waals surface area contributed by atoms with E-state index in [-0.39, 0.29) is 11.8 Å². The average molecular weight is 383 g/mol. The normalized spacial score (nSPS) is 19.2. The fourth-order valence-electron chi connectivity index (χ4n) is 4.06. The minimum atomic E-state index is -0.459. The van der Waals surface area contributed by atoms with Crippen LogP contribution >= 0.6 is 0 Å². The van der Waals surface area contributed by atoms with Gasteiger partial charge in [0.1, 0.15) is 5.75 Å². The largest absolute Gasteiger partial charge is 0.496 e. The summed E-state index contributed by atoms with van der Waals surface area (Å²) in [6, 6.07) is 7.59. The van der Waals surface area contributed by atoms with E-state index in [0.29, 0.717) is 29.9 Å². The summed E-state index contributed by atoms with van der Waals surface area (Å²) >= 11 is 0. The van der Waals surface area contributed by atoms with Crippen LogP contribution in [0.3, 0.4) is 0 Å². The molecule has 0 saturated carbocycles. The molecule has 5 heteroatoms. The molecular weight excluding hydrogens is 354 g/mol. The lowest BCUT2D eigenvalue weighted by molar-refractivity contribution is -0.139. The van der Waals surface area contributed by atoms with E-state index in [1.54, 1.807) is 7.11 Å². The highest BCUT2D eigenvalue weighted by atomic mass is 16.5. The van der Waals surface area contributed by atoms with Crippen molar-refractivity contribution in [3.8, 4) is 5.75 Å². The van der Waals surface area contributed by atoms with E-state index in [1.165, 1.54) is 0 Å². The van der Waals surface area contributed by atoms with Crippen molar-refractivity contribution in [2.75, 3.05) is 13.7 Å². The van der Waals surface area contributed by atoms with Crippen molar-refractivity contribution in [2.24, 2.45) is 0 Å². The number of dihydropyridines is 1. The molecular formula is C23H29NO4. The van der Waals surface area contributed by atoms with E-state index in [2.05, 4.69) is 12.2 Å². The van der Waals surface area contributed by atoms with E-state index in [4.69, 9.17) is 9.47 Å². The van der Waals surface area contributed by atoms with Gasteiger partial charge >= 0.3 is 5.97 Å². The van der Waals surface area contributed by atoms with Gasteiger partial charge in [0.15, 0.2) is 5.78 Å². The topological polar surface area (TPSA) is 64.6 Å². The monoisotopic (exact) mass is 383 g/mol. The Morgan fingerprint density at radius 2 is 2.00 bits per heavy atom. The SMILES string of the molecule is CCCCCOC(=O)C1=C(C)NC2=C(C(=O)CCC2)C1c1ccccc1OC. The Kier molecular flexibility index (Phi) is 6.55. The van der Waals surface area contributed by atoms with Crippen LogP contribution in [0.4, 0.5) is 0 Å². The van der Waals surface area contributed by atoms with Gasteiger partial charge in [0.05, 0.1) is 25.2 Å². The summed E-state index contributed by atoms with van der Waals surface area (Å²) in [7, 11) is 1.61. The van der Waals surface area contributed by atoms with Crippen LogP contribution in [0.15, 0.2) is 46.8 Å². The van der Waals surface area contributed by atoms with E-state index in [9.17, 15) is 9.59 Å². The number of ether oxygens (including phenoxy) is 2. The first kappa shape index (κ1) is 20.2. The van der Waals surface area contributed by atoms with Gasteiger partial charge in [0.2, 0.25) is 0 Å². The first-order valence-corrected chi connectivity index (χ1v) is 10.1. The first-order chi connectivity index (χ1) is 13.6. The summed E-state index contributed by atoms with van der Waals surface area (Å²) in [6.45, 7) is 4.38. The number of hydrogen-bond acceptors (Lipinski definition) is 5. The number of methoxy groups -OCH3 is 1. The lowest BCUT2D eigenvalue weighted by Gasteiger charge is -2.34. The molecule has 1 atom stereocenters. The van der Waals surface area contributed by atoms with Crippen LogP contribution in [0.1, 0.15) is 63.9 Å². The number of carbonyl (C=O) groups excluding carboxylic acids is 2. The predicted molar refractivity (Wildman–Crippen MR) is 108 cm³/mol. The standard InChI is InChI=1S/C23H29NO4/c1-4-5-8-14-28-23(26)20-15(2)24-17-11-9-12-18(25)22(17)21(20)16-10-6-7-13-19(16)27-3/h6-7,10,13,21,24H,4-5,8-9,11-12,14H2,1-3H3. The molecule has 28 heavy (non-hydrogen) atoms. The molecule has 2 aliphatic rings. The molecule has 0 radical (unpaired) electrons. The molecule has 0 spiro atoms. The summed E-state index contributed by atoms with van der Waals surface area (Å²) < 4.78 is 11.1. The molecule has 1 N–H and O–H groups in total. The van der Waals surface area contributed by atoms with Crippen LogP contribution in [0, 0.1) is 0 Å². The molecule has 1 heterocycles. The second-order valence-electron chi connectivity index (χ2n) is 7.35. The lowest BCUT2D eigenvalue weighted by Crippen LogP contribution is -2.34. The van der Waals surface area contributed by atoms with E-state index in [0.717, 1.165) is 49.1 Å². The number of ketones is 1. The number of carbonyl (C=O) groups is 2. The molecule has 0 aromatic heterocycles. The number of rotatable bonds is 7. The Morgan fingerprint density at radius 3 is 2.75 bits per heavy atom. The van der Waals surface area contributed by atoms with Gasteiger partial charge in [0.25, 0.3) is 0 Å². The molecule has 0 amide bonds. The summed E-state index contributed by atoms with van der Waals surface area (Å²) in [6.07, 6.45) is 5.07. The summed E-state index contributed by atoms with van der Waals surface area (Å²) in [5.74, 6) is -0.0575. The van der Waals surface area contributed by atoms with Crippen LogP contribution in [0.25, 0.3) is 0 Å². The molecule has 5 nitrogen and oxygen atoms in total. The Morgan fingerprint density at radius 1 is 1.21 bits per heavy atom. The van der Waals surface area contributed by atoms with Gasteiger partial charge < -0.3 is 14.8 Å². The molecule has 1 aliphatic carbocycles. The Labute approximate surface area is 166 Å². The van der Waals surface area contributed by atoms with Crippen molar-refractivity contribution in [3.63, 3.8) is 0 Å². The van der Waals surface area contributed by atoms with Crippen molar-refractivity contribution >= 4 is 11.8 Å². The summed E-state index contributed by atoms with van der Waals surface area (Å²) in [4.78, 5) is 25.9. The number of esters is 1. The molecule has 0 saturated heterocycles. The van der Waals surface area contributed by atoms with Gasteiger partial charge in [0, 0.05) is 29.0 Å². The molecule has 1 aliphatic heterocycles. The molecule has 150 valence electrons. The molecule has 0 fully saturated rings. The van der Waals surface area contributed by atoms with Gasteiger partial charge in [-0.15, -0.1) is 0 Å². The number of unbranched alkanes of at least 4 members (excludes halogenated alkanes) is 2. The van der Waals surface area contributed by atoms with Gasteiger partial charge in [-0.3, -0.25) is 4.79 Å². The zero-order valence-electron chi connectivity index (χ0n) is 17.0. The van der Waals surface area contributed by atoms with Crippen LogP contribution in [-0.4, -0.2) is 25.5 Å². The van der Waals surface area contributed by atoms with Crippen molar-refractivity contribution < 1.29 is 19.1 Å². The highest BCUT2D eigenvalue weighted by Crippen LogP contribution is 2.45. The highest BCUT2D eigenvalue weighted by Gasteiger charge is 2.40. The third-order valence-electron chi connectivity index (χ3n) is 5.43. The number of allylic oxidation sites excluding steroid dienone is 3. The maximum Gasteiger partial charge on any atom is 0.336 e. The summed E-state index contributed by atoms with van der Waals surface area (Å²) in [5, 5.41) is 3.32. The molecule has 1 unspecified atom stereocenters. The quantitative estimate of drug-likeness (QED) is 0.559. The van der Waals surface area contributed by atoms with Crippen LogP contribution in [0.2, 0.25) is 0 Å². The maximum absolute atomic E-state index is 13.0. The fourth-order valence-corrected chi connectivity index (χ4v) is 4.06. The molecule has 0 bridgehead atoms. The van der Waals surface area contributed by atoms with Crippen molar-refractivity contribution in [1.82, 2.24) is 5.32 Å². The van der Waals surface area contributed by atoms with Crippen LogP contribution in [0.5, 0.6) is 5.75 Å². The number of para-hydroxylation sites is 1. The fraction of sp³-hybridized carbons (Fsp3) is 0.478. The zero-order valence-corrected chi connectivity index (χ0v) is 17.0. The second kappa shape index (κ2) is 9.09. The number of benzene rings is 1. The predicted octanol–water partition coefficient (Wildman–Crippen LogP) is 4.40. The Hall–Kier alpha value is -2.56. The zero-order chi connectivity index (χ0) is 20.1. The minimum absolute atomic E-state index is 0.0911. The maximum atomic E-state index is 13.0. The van der Waals surface area contributed by atoms with Crippen LogP contribution < -0.4 is 10.1 Å². The number of Topliss-reactive ketones (excluding diaryl/α,β-unsaturated/α-hetero) is 1. The third kappa shape index (κ3) is 3.98. The minimum Gasteiger partial charge on any atom is -0.496 e. The van der Waals surface area contributed by atoms with Gasteiger partial charge in [-0.25, -0.2) is 4.79 Å². The Balaban J connectivity index is 2.03. The summed E-state index contributed by atoms with van der Waals surface area (Å²) in [5.41, 5.74) is 3.70. The highest BCUT2D eigenvalue weighted by molar-refractivity contribution is 6.04. The average Bonchev–Trinajstić information content (AvgIpc) is 2.70. The van der Waals surface area contributed by atoms with Gasteiger partial charge in [-0.1, -0.05) is 38.0 Å². The van der Waals surface area contributed by atoms with Crippen molar-refractivity contribution in [1.29, 1.82) is 0 Å². The van der Waals surface area contributed by atoms with Crippen LogP contribution in [-0.2, 0) is 14.3 Å². The second-order valence-corrected chi connectivity index (χ2v) is 7.35. The van der Waals surface area contributed by atoms with Crippen molar-refractivity contribution in [3.05, 3.63) is 52.4 Å². The first-order valence-electron chi connectivity index (χ1n) is 10.1. The molecule has 1 aromatic rings.